The van der Waals surface area contributed by atoms with Crippen molar-refractivity contribution in [1.82, 2.24) is 0 Å². The fourth-order valence-corrected chi connectivity index (χ4v) is 1.73. The maximum atomic E-state index is 9.83. The zero-order valence-corrected chi connectivity index (χ0v) is 10.1. The molecule has 0 aliphatic carbocycles. The standard InChI is InChI=1S/C12H26O3/c1-3-5-6-7-11(4-2)12(14)10-15-9-8-13/h11-14H,3-10H2,1-2H3. The molecule has 3 heteroatoms. The first-order valence-corrected chi connectivity index (χ1v) is 6.12. The van der Waals surface area contributed by atoms with Gasteiger partial charge in [0.05, 0.1) is 25.9 Å². The summed E-state index contributed by atoms with van der Waals surface area (Å²) in [5, 5.41) is 18.4. The Bertz CT molecular complexity index is 128. The molecule has 2 unspecified atom stereocenters. The Morgan fingerprint density at radius 2 is 1.93 bits per heavy atom. The van der Waals surface area contributed by atoms with Crippen molar-refractivity contribution in [1.29, 1.82) is 0 Å². The van der Waals surface area contributed by atoms with Crippen LogP contribution >= 0.6 is 0 Å². The van der Waals surface area contributed by atoms with Crippen molar-refractivity contribution in [3.05, 3.63) is 0 Å². The van der Waals surface area contributed by atoms with E-state index in [-0.39, 0.29) is 12.7 Å². The lowest BCUT2D eigenvalue weighted by Crippen LogP contribution is -2.26. The minimum absolute atomic E-state index is 0.0271. The van der Waals surface area contributed by atoms with Crippen molar-refractivity contribution in [2.75, 3.05) is 19.8 Å². The third-order valence-corrected chi connectivity index (χ3v) is 2.77. The SMILES string of the molecule is CCCCCC(CC)C(O)COCCO. The van der Waals surface area contributed by atoms with E-state index in [0.29, 0.717) is 19.1 Å². The second-order valence-corrected chi connectivity index (χ2v) is 4.03. The summed E-state index contributed by atoms with van der Waals surface area (Å²) in [6.45, 7) is 4.99. The molecule has 0 radical (unpaired) electrons. The van der Waals surface area contributed by atoms with Crippen LogP contribution in [0.2, 0.25) is 0 Å². The predicted octanol–water partition coefficient (Wildman–Crippen LogP) is 1.96. The molecule has 0 saturated heterocycles. The third-order valence-electron chi connectivity index (χ3n) is 2.77. The topological polar surface area (TPSA) is 49.7 Å². The van der Waals surface area contributed by atoms with Crippen molar-refractivity contribution in [2.45, 2.75) is 52.1 Å². The van der Waals surface area contributed by atoms with E-state index in [4.69, 9.17) is 9.84 Å². The van der Waals surface area contributed by atoms with Crippen LogP contribution in [0.1, 0.15) is 46.0 Å². The maximum absolute atomic E-state index is 9.83. The van der Waals surface area contributed by atoms with Gasteiger partial charge in [-0.2, -0.15) is 0 Å². The molecule has 0 aromatic carbocycles. The maximum Gasteiger partial charge on any atom is 0.0801 e. The van der Waals surface area contributed by atoms with Crippen LogP contribution in [0, 0.1) is 5.92 Å². The lowest BCUT2D eigenvalue weighted by Gasteiger charge is -2.21. The van der Waals surface area contributed by atoms with E-state index in [1.165, 1.54) is 19.3 Å². The van der Waals surface area contributed by atoms with Crippen LogP contribution in [-0.2, 0) is 4.74 Å². The first-order valence-electron chi connectivity index (χ1n) is 6.12. The number of ether oxygens (including phenoxy) is 1. The number of aliphatic hydroxyl groups is 2. The fourth-order valence-electron chi connectivity index (χ4n) is 1.73. The van der Waals surface area contributed by atoms with Crippen LogP contribution in [0.5, 0.6) is 0 Å². The van der Waals surface area contributed by atoms with E-state index in [9.17, 15) is 5.11 Å². The molecule has 0 aromatic rings. The molecule has 0 fully saturated rings. The quantitative estimate of drug-likeness (QED) is 0.551. The summed E-state index contributed by atoms with van der Waals surface area (Å²) in [5.74, 6) is 0.343. The van der Waals surface area contributed by atoms with Gasteiger partial charge in [-0.3, -0.25) is 0 Å². The van der Waals surface area contributed by atoms with Gasteiger partial charge < -0.3 is 14.9 Å². The summed E-state index contributed by atoms with van der Waals surface area (Å²) < 4.78 is 5.13. The molecule has 0 rings (SSSR count). The average molecular weight is 218 g/mol. The number of unbranched alkanes of at least 4 members (excludes halogenated alkanes) is 2. The number of aliphatic hydroxyl groups excluding tert-OH is 2. The summed E-state index contributed by atoms with van der Waals surface area (Å²) in [6.07, 6.45) is 5.33. The van der Waals surface area contributed by atoms with E-state index >= 15 is 0 Å². The molecule has 0 aliphatic heterocycles. The predicted molar refractivity (Wildman–Crippen MR) is 61.8 cm³/mol. The molecule has 0 heterocycles. The van der Waals surface area contributed by atoms with Gasteiger partial charge >= 0.3 is 0 Å². The molecule has 0 spiro atoms. The summed E-state index contributed by atoms with van der Waals surface area (Å²) in [7, 11) is 0. The Balaban J connectivity index is 3.62. The van der Waals surface area contributed by atoms with Gasteiger partial charge in [-0.05, 0) is 12.3 Å². The van der Waals surface area contributed by atoms with Crippen LogP contribution in [0.3, 0.4) is 0 Å². The smallest absolute Gasteiger partial charge is 0.0801 e. The third kappa shape index (κ3) is 7.77. The van der Waals surface area contributed by atoms with Gasteiger partial charge in [-0.25, -0.2) is 0 Å². The van der Waals surface area contributed by atoms with Crippen molar-refractivity contribution < 1.29 is 14.9 Å². The second-order valence-electron chi connectivity index (χ2n) is 4.03. The lowest BCUT2D eigenvalue weighted by molar-refractivity contribution is -0.00887. The molecule has 2 N–H and O–H groups in total. The first-order chi connectivity index (χ1) is 7.26. The Labute approximate surface area is 93.5 Å². The van der Waals surface area contributed by atoms with Crippen molar-refractivity contribution in [3.8, 4) is 0 Å². The summed E-state index contributed by atoms with van der Waals surface area (Å²) in [4.78, 5) is 0. The highest BCUT2D eigenvalue weighted by Gasteiger charge is 2.16. The zero-order chi connectivity index (χ0) is 11.5. The van der Waals surface area contributed by atoms with Gasteiger partial charge in [-0.1, -0.05) is 39.5 Å². The molecular weight excluding hydrogens is 192 g/mol. The lowest BCUT2D eigenvalue weighted by atomic mass is 9.93. The van der Waals surface area contributed by atoms with Crippen LogP contribution < -0.4 is 0 Å². The Kier molecular flexibility index (Phi) is 10.3. The molecule has 2 atom stereocenters. The molecule has 3 nitrogen and oxygen atoms in total. The van der Waals surface area contributed by atoms with Crippen molar-refractivity contribution in [3.63, 3.8) is 0 Å². The fraction of sp³-hybridized carbons (Fsp3) is 1.00. The first kappa shape index (κ1) is 14.9. The van der Waals surface area contributed by atoms with Crippen LogP contribution in [-0.4, -0.2) is 36.1 Å². The van der Waals surface area contributed by atoms with Gasteiger partial charge in [0.1, 0.15) is 0 Å². The molecular formula is C12H26O3. The molecule has 92 valence electrons. The molecule has 0 aliphatic rings. The van der Waals surface area contributed by atoms with Gasteiger partial charge in [0, 0.05) is 0 Å². The van der Waals surface area contributed by atoms with Crippen LogP contribution in [0.4, 0.5) is 0 Å². The number of hydrogen-bond donors (Lipinski definition) is 2. The van der Waals surface area contributed by atoms with Gasteiger partial charge in [0.25, 0.3) is 0 Å². The monoisotopic (exact) mass is 218 g/mol. The highest BCUT2D eigenvalue weighted by atomic mass is 16.5. The summed E-state index contributed by atoms with van der Waals surface area (Å²) >= 11 is 0. The van der Waals surface area contributed by atoms with E-state index < -0.39 is 0 Å². The van der Waals surface area contributed by atoms with Crippen molar-refractivity contribution in [2.24, 2.45) is 5.92 Å². The van der Waals surface area contributed by atoms with Gasteiger partial charge in [0.15, 0.2) is 0 Å². The highest BCUT2D eigenvalue weighted by Crippen LogP contribution is 2.17. The second kappa shape index (κ2) is 10.4. The normalized spacial score (nSPS) is 15.2. The average Bonchev–Trinajstić information content (AvgIpc) is 2.24. The van der Waals surface area contributed by atoms with E-state index in [1.54, 1.807) is 0 Å². The molecule has 0 amide bonds. The van der Waals surface area contributed by atoms with E-state index in [0.717, 1.165) is 12.8 Å². The molecule has 0 aromatic heterocycles. The highest BCUT2D eigenvalue weighted by molar-refractivity contribution is 4.67. The summed E-state index contributed by atoms with van der Waals surface area (Å²) in [5.41, 5.74) is 0. The van der Waals surface area contributed by atoms with Gasteiger partial charge in [-0.15, -0.1) is 0 Å². The number of rotatable bonds is 10. The van der Waals surface area contributed by atoms with E-state index in [1.807, 2.05) is 0 Å². The molecule has 0 saturated carbocycles. The van der Waals surface area contributed by atoms with Crippen LogP contribution in [0.15, 0.2) is 0 Å². The Morgan fingerprint density at radius 1 is 1.20 bits per heavy atom. The number of hydrogen-bond acceptors (Lipinski definition) is 3. The molecule has 15 heavy (non-hydrogen) atoms. The minimum atomic E-state index is -0.376. The van der Waals surface area contributed by atoms with Crippen molar-refractivity contribution >= 4 is 0 Å². The minimum Gasteiger partial charge on any atom is -0.394 e. The molecule has 0 bridgehead atoms. The summed E-state index contributed by atoms with van der Waals surface area (Å²) in [6, 6.07) is 0. The zero-order valence-electron chi connectivity index (χ0n) is 10.1. The van der Waals surface area contributed by atoms with E-state index in [2.05, 4.69) is 13.8 Å². The van der Waals surface area contributed by atoms with Crippen LogP contribution in [0.25, 0.3) is 0 Å². The Morgan fingerprint density at radius 3 is 2.47 bits per heavy atom. The largest absolute Gasteiger partial charge is 0.394 e. The van der Waals surface area contributed by atoms with Gasteiger partial charge in [0.2, 0.25) is 0 Å². The Hall–Kier alpha value is -0.120.